The van der Waals surface area contributed by atoms with Crippen LogP contribution < -0.4 is 10.6 Å². The predicted octanol–water partition coefficient (Wildman–Crippen LogP) is 3.85. The van der Waals surface area contributed by atoms with Crippen molar-refractivity contribution in [3.8, 4) is 0 Å². The van der Waals surface area contributed by atoms with E-state index in [4.69, 9.17) is 27.7 Å². The first-order chi connectivity index (χ1) is 11.0. The second kappa shape index (κ2) is 8.22. The van der Waals surface area contributed by atoms with E-state index in [0.29, 0.717) is 29.1 Å². The third-order valence-corrected chi connectivity index (χ3v) is 3.97. The summed E-state index contributed by atoms with van der Waals surface area (Å²) in [5, 5.41) is 11.7. The average molecular weight is 355 g/mol. The molecule has 0 fully saturated rings. The molecule has 23 heavy (non-hydrogen) atoms. The lowest BCUT2D eigenvalue weighted by Crippen LogP contribution is -2.37. The van der Waals surface area contributed by atoms with E-state index < -0.39 is 0 Å². The van der Waals surface area contributed by atoms with Crippen LogP contribution in [-0.2, 0) is 13.1 Å². The summed E-state index contributed by atoms with van der Waals surface area (Å²) in [7, 11) is 0. The molecule has 0 bridgehead atoms. The molecule has 2 N–H and O–H groups in total. The van der Waals surface area contributed by atoms with Crippen molar-refractivity contribution in [1.29, 1.82) is 0 Å². The zero-order valence-electron chi connectivity index (χ0n) is 13.4. The predicted molar refractivity (Wildman–Crippen MR) is 94.1 cm³/mol. The molecule has 0 aliphatic rings. The molecule has 1 aromatic heterocycles. The first kappa shape index (κ1) is 17.6. The monoisotopic (exact) mass is 354 g/mol. The molecule has 5 nitrogen and oxygen atoms in total. The Bertz CT molecular complexity index is 678. The number of guanidine groups is 1. The largest absolute Gasteiger partial charge is 0.361 e. The van der Waals surface area contributed by atoms with E-state index in [1.54, 1.807) is 6.07 Å². The number of benzene rings is 1. The molecule has 124 valence electrons. The highest BCUT2D eigenvalue weighted by atomic mass is 35.5. The molecule has 2 rings (SSSR count). The van der Waals surface area contributed by atoms with E-state index in [2.05, 4.69) is 20.8 Å². The van der Waals surface area contributed by atoms with E-state index in [-0.39, 0.29) is 0 Å². The second-order valence-corrected chi connectivity index (χ2v) is 5.93. The highest BCUT2D eigenvalue weighted by Crippen LogP contribution is 2.21. The Hall–Kier alpha value is -1.72. The molecule has 0 saturated heterocycles. The molecule has 0 radical (unpaired) electrons. The minimum Gasteiger partial charge on any atom is -0.361 e. The zero-order valence-corrected chi connectivity index (χ0v) is 14.9. The van der Waals surface area contributed by atoms with Gasteiger partial charge in [-0.15, -0.1) is 0 Å². The van der Waals surface area contributed by atoms with Crippen molar-refractivity contribution in [2.45, 2.75) is 33.9 Å². The highest BCUT2D eigenvalue weighted by Gasteiger charge is 2.09. The Morgan fingerprint density at radius 2 is 2.04 bits per heavy atom. The van der Waals surface area contributed by atoms with Gasteiger partial charge in [-0.2, -0.15) is 0 Å². The summed E-state index contributed by atoms with van der Waals surface area (Å²) in [6, 6.07) is 5.41. The summed E-state index contributed by atoms with van der Waals surface area (Å²) in [6.07, 6.45) is 0. The summed E-state index contributed by atoms with van der Waals surface area (Å²) in [5.41, 5.74) is 2.84. The van der Waals surface area contributed by atoms with E-state index in [0.717, 1.165) is 29.1 Å². The van der Waals surface area contributed by atoms with E-state index in [1.165, 1.54) is 0 Å². The van der Waals surface area contributed by atoms with E-state index in [1.807, 2.05) is 32.9 Å². The minimum absolute atomic E-state index is 0.465. The molecule has 0 aliphatic heterocycles. The Balaban J connectivity index is 2.05. The second-order valence-electron chi connectivity index (χ2n) is 5.09. The van der Waals surface area contributed by atoms with Crippen molar-refractivity contribution in [2.24, 2.45) is 4.99 Å². The maximum atomic E-state index is 6.17. The van der Waals surface area contributed by atoms with Gasteiger partial charge >= 0.3 is 0 Å². The standard InChI is InChI=1S/C16H20Cl2N4O/c1-4-19-16(21-9-14-10(2)22-23-11(14)3)20-8-12-5-6-13(17)7-15(12)18/h5-7H,4,8-9H2,1-3H3,(H2,19,20,21). The van der Waals surface area contributed by atoms with Gasteiger partial charge in [0, 0.05) is 28.7 Å². The fourth-order valence-corrected chi connectivity index (χ4v) is 2.55. The number of nitrogens with zero attached hydrogens (tertiary/aromatic N) is 2. The topological polar surface area (TPSA) is 62.5 Å². The van der Waals surface area contributed by atoms with Crippen LogP contribution in [0.15, 0.2) is 27.7 Å². The van der Waals surface area contributed by atoms with Crippen molar-refractivity contribution in [3.05, 3.63) is 50.8 Å². The van der Waals surface area contributed by atoms with E-state index in [9.17, 15) is 0 Å². The number of rotatable bonds is 5. The van der Waals surface area contributed by atoms with Crippen LogP contribution in [0.5, 0.6) is 0 Å². The van der Waals surface area contributed by atoms with Crippen LogP contribution in [0.25, 0.3) is 0 Å². The minimum atomic E-state index is 0.465. The number of aromatic nitrogens is 1. The van der Waals surface area contributed by atoms with Gasteiger partial charge in [0.1, 0.15) is 5.76 Å². The number of hydrogen-bond acceptors (Lipinski definition) is 3. The summed E-state index contributed by atoms with van der Waals surface area (Å²) >= 11 is 12.1. The van der Waals surface area contributed by atoms with Gasteiger partial charge in [-0.3, -0.25) is 0 Å². The smallest absolute Gasteiger partial charge is 0.191 e. The SMILES string of the molecule is CCNC(=NCc1ccc(Cl)cc1Cl)NCc1c(C)noc1C. The van der Waals surface area contributed by atoms with Crippen LogP contribution >= 0.6 is 23.2 Å². The molecule has 0 aliphatic carbocycles. The normalized spacial score (nSPS) is 11.6. The Labute approximate surface area is 146 Å². The van der Waals surface area contributed by atoms with Crippen molar-refractivity contribution in [2.75, 3.05) is 6.54 Å². The molecule has 0 spiro atoms. The van der Waals surface area contributed by atoms with Gasteiger partial charge in [0.25, 0.3) is 0 Å². The highest BCUT2D eigenvalue weighted by molar-refractivity contribution is 6.35. The number of aliphatic imine (C=N–C) groups is 1. The van der Waals surface area contributed by atoms with Gasteiger partial charge in [0.15, 0.2) is 5.96 Å². The lowest BCUT2D eigenvalue weighted by Gasteiger charge is -2.11. The summed E-state index contributed by atoms with van der Waals surface area (Å²) < 4.78 is 5.16. The van der Waals surface area contributed by atoms with Crippen LogP contribution in [0, 0.1) is 13.8 Å². The third-order valence-electron chi connectivity index (χ3n) is 3.38. The molecule has 0 unspecified atom stereocenters. The molecular weight excluding hydrogens is 335 g/mol. The van der Waals surface area contributed by atoms with Gasteiger partial charge < -0.3 is 15.2 Å². The number of halogens is 2. The molecule has 1 heterocycles. The molecule has 0 saturated carbocycles. The van der Waals surface area contributed by atoms with Crippen molar-refractivity contribution >= 4 is 29.2 Å². The Morgan fingerprint density at radius 3 is 2.65 bits per heavy atom. The van der Waals surface area contributed by atoms with Crippen LogP contribution in [0.2, 0.25) is 10.0 Å². The van der Waals surface area contributed by atoms with Crippen LogP contribution in [0.4, 0.5) is 0 Å². The summed E-state index contributed by atoms with van der Waals surface area (Å²) in [5.74, 6) is 1.52. The fraction of sp³-hybridized carbons (Fsp3) is 0.375. The Morgan fingerprint density at radius 1 is 1.26 bits per heavy atom. The van der Waals surface area contributed by atoms with Crippen LogP contribution in [0.1, 0.15) is 29.5 Å². The number of aryl methyl sites for hydroxylation is 2. The summed E-state index contributed by atoms with van der Waals surface area (Å²) in [4.78, 5) is 4.55. The zero-order chi connectivity index (χ0) is 16.8. The number of nitrogens with one attached hydrogen (secondary N) is 2. The first-order valence-electron chi connectivity index (χ1n) is 7.39. The van der Waals surface area contributed by atoms with E-state index >= 15 is 0 Å². The maximum Gasteiger partial charge on any atom is 0.191 e. The van der Waals surface area contributed by atoms with Crippen molar-refractivity contribution in [3.63, 3.8) is 0 Å². The van der Waals surface area contributed by atoms with Gasteiger partial charge in [0.2, 0.25) is 0 Å². The Kier molecular flexibility index (Phi) is 6.30. The third kappa shape index (κ3) is 4.88. The fourth-order valence-electron chi connectivity index (χ4n) is 2.08. The lowest BCUT2D eigenvalue weighted by molar-refractivity contribution is 0.392. The lowest BCUT2D eigenvalue weighted by atomic mass is 10.2. The van der Waals surface area contributed by atoms with Gasteiger partial charge in [0.05, 0.1) is 12.2 Å². The molecule has 0 amide bonds. The molecule has 2 aromatic rings. The average Bonchev–Trinajstić information content (AvgIpc) is 2.82. The maximum absolute atomic E-state index is 6.17. The van der Waals surface area contributed by atoms with Crippen LogP contribution in [0.3, 0.4) is 0 Å². The van der Waals surface area contributed by atoms with Crippen molar-refractivity contribution < 1.29 is 4.52 Å². The molecule has 7 heteroatoms. The van der Waals surface area contributed by atoms with Crippen molar-refractivity contribution in [1.82, 2.24) is 15.8 Å². The van der Waals surface area contributed by atoms with Crippen LogP contribution in [-0.4, -0.2) is 17.7 Å². The molecule has 1 aromatic carbocycles. The number of hydrogen-bond donors (Lipinski definition) is 2. The molecular formula is C16H20Cl2N4O. The quantitative estimate of drug-likeness (QED) is 0.632. The van der Waals surface area contributed by atoms with Gasteiger partial charge in [-0.25, -0.2) is 4.99 Å². The van der Waals surface area contributed by atoms with Gasteiger partial charge in [-0.05, 0) is 38.5 Å². The van der Waals surface area contributed by atoms with Gasteiger partial charge in [-0.1, -0.05) is 34.4 Å². The first-order valence-corrected chi connectivity index (χ1v) is 8.14. The molecule has 0 atom stereocenters. The summed E-state index contributed by atoms with van der Waals surface area (Å²) in [6.45, 7) is 7.66.